The number of fused-ring (bicyclic) bond motifs is 1. The zero-order valence-electron chi connectivity index (χ0n) is 12.1. The fourth-order valence-electron chi connectivity index (χ4n) is 2.24. The largest absolute Gasteiger partial charge is 0.457 e. The van der Waals surface area contributed by atoms with Gasteiger partial charge in [0.25, 0.3) is 0 Å². The molecule has 21 heavy (non-hydrogen) atoms. The first kappa shape index (κ1) is 16.5. The molecule has 116 valence electrons. The normalized spacial score (nSPS) is 25.5. The van der Waals surface area contributed by atoms with E-state index in [4.69, 9.17) is 4.74 Å². The summed E-state index contributed by atoms with van der Waals surface area (Å²) < 4.78 is 5.90. The van der Waals surface area contributed by atoms with Crippen molar-refractivity contribution in [1.29, 1.82) is 0 Å². The van der Waals surface area contributed by atoms with E-state index in [-0.39, 0.29) is 17.9 Å². The molecular formula is C14H19NO4S2. The molecule has 0 bridgehead atoms. The topological polar surface area (TPSA) is 66.8 Å². The SMILES string of the molecule is C=CCOC(=O)C1=C(SCCC)S[C@H]2[C@H]([C@@H](C)O)C(=O)N12. The Morgan fingerprint density at radius 3 is 2.95 bits per heavy atom. The number of esters is 1. The van der Waals surface area contributed by atoms with Gasteiger partial charge in [-0.15, -0.1) is 11.8 Å². The van der Waals surface area contributed by atoms with Crippen LogP contribution in [0.1, 0.15) is 20.3 Å². The molecule has 1 amide bonds. The third kappa shape index (κ3) is 3.00. The molecule has 1 saturated heterocycles. The van der Waals surface area contributed by atoms with Gasteiger partial charge in [0.1, 0.15) is 12.0 Å². The number of carbonyl (C=O) groups is 2. The van der Waals surface area contributed by atoms with Crippen LogP contribution in [0.15, 0.2) is 22.6 Å². The van der Waals surface area contributed by atoms with Gasteiger partial charge in [0, 0.05) is 0 Å². The predicted molar refractivity (Wildman–Crippen MR) is 84.3 cm³/mol. The van der Waals surface area contributed by atoms with Crippen LogP contribution in [-0.2, 0) is 14.3 Å². The van der Waals surface area contributed by atoms with Gasteiger partial charge < -0.3 is 9.84 Å². The Labute approximate surface area is 132 Å². The summed E-state index contributed by atoms with van der Waals surface area (Å²) >= 11 is 3.03. The number of nitrogens with zero attached hydrogens (tertiary/aromatic N) is 1. The van der Waals surface area contributed by atoms with Crippen LogP contribution in [0, 0.1) is 5.92 Å². The first-order chi connectivity index (χ1) is 10.0. The molecule has 0 aromatic carbocycles. The Kier molecular flexibility index (Phi) is 5.40. The third-order valence-corrected chi connectivity index (χ3v) is 6.09. The van der Waals surface area contributed by atoms with Crippen LogP contribution in [-0.4, -0.2) is 45.7 Å². The average Bonchev–Trinajstić information content (AvgIpc) is 2.76. The lowest BCUT2D eigenvalue weighted by atomic mass is 9.92. The smallest absolute Gasteiger partial charge is 0.357 e. The molecule has 5 nitrogen and oxygen atoms in total. The van der Waals surface area contributed by atoms with Crippen LogP contribution in [0.25, 0.3) is 0 Å². The lowest BCUT2D eigenvalue weighted by Crippen LogP contribution is -2.60. The Morgan fingerprint density at radius 2 is 2.38 bits per heavy atom. The lowest BCUT2D eigenvalue weighted by Gasteiger charge is -2.43. The molecule has 3 atom stereocenters. The Hall–Kier alpha value is -0.920. The number of amides is 1. The summed E-state index contributed by atoms with van der Waals surface area (Å²) in [4.78, 5) is 25.8. The molecule has 1 fully saturated rings. The number of rotatable bonds is 7. The number of β-lactam (4-membered cyclic amide) rings is 1. The van der Waals surface area contributed by atoms with Gasteiger partial charge in [-0.2, -0.15) is 0 Å². The zero-order chi connectivity index (χ0) is 15.6. The van der Waals surface area contributed by atoms with Crippen molar-refractivity contribution in [3.05, 3.63) is 22.6 Å². The number of carbonyl (C=O) groups excluding carboxylic acids is 2. The van der Waals surface area contributed by atoms with Crippen molar-refractivity contribution in [2.24, 2.45) is 5.92 Å². The molecule has 2 aliphatic rings. The van der Waals surface area contributed by atoms with Crippen molar-refractivity contribution in [2.75, 3.05) is 12.4 Å². The Balaban J connectivity index is 2.20. The second-order valence-corrected chi connectivity index (χ2v) is 7.35. The maximum Gasteiger partial charge on any atom is 0.357 e. The van der Waals surface area contributed by atoms with Crippen molar-refractivity contribution in [2.45, 2.75) is 31.7 Å². The number of aliphatic hydroxyl groups is 1. The second-order valence-electron chi connectivity index (χ2n) is 4.85. The molecule has 7 heteroatoms. The van der Waals surface area contributed by atoms with Crippen LogP contribution in [0.5, 0.6) is 0 Å². The summed E-state index contributed by atoms with van der Waals surface area (Å²) in [6.45, 7) is 7.29. The van der Waals surface area contributed by atoms with Gasteiger partial charge in [0.2, 0.25) is 5.91 Å². The summed E-state index contributed by atoms with van der Waals surface area (Å²) in [6.07, 6.45) is 1.75. The molecule has 0 saturated carbocycles. The van der Waals surface area contributed by atoms with Crippen molar-refractivity contribution in [3.8, 4) is 0 Å². The van der Waals surface area contributed by atoms with E-state index < -0.39 is 18.0 Å². The van der Waals surface area contributed by atoms with Crippen LogP contribution in [0.2, 0.25) is 0 Å². The number of aliphatic hydroxyl groups excluding tert-OH is 1. The minimum Gasteiger partial charge on any atom is -0.457 e. The van der Waals surface area contributed by atoms with E-state index in [1.54, 1.807) is 18.7 Å². The summed E-state index contributed by atoms with van der Waals surface area (Å²) in [7, 11) is 0. The van der Waals surface area contributed by atoms with E-state index in [9.17, 15) is 14.7 Å². The molecule has 0 aromatic rings. The van der Waals surface area contributed by atoms with Gasteiger partial charge in [0.15, 0.2) is 5.70 Å². The molecule has 0 radical (unpaired) electrons. The fourth-order valence-corrected chi connectivity index (χ4v) is 5.08. The van der Waals surface area contributed by atoms with Crippen LogP contribution >= 0.6 is 23.5 Å². The van der Waals surface area contributed by atoms with Gasteiger partial charge in [-0.25, -0.2) is 4.79 Å². The van der Waals surface area contributed by atoms with E-state index in [2.05, 4.69) is 13.5 Å². The highest BCUT2D eigenvalue weighted by atomic mass is 32.2. The van der Waals surface area contributed by atoms with E-state index in [0.29, 0.717) is 5.70 Å². The highest BCUT2D eigenvalue weighted by Gasteiger charge is 2.57. The van der Waals surface area contributed by atoms with Crippen molar-refractivity contribution in [1.82, 2.24) is 4.90 Å². The molecule has 2 heterocycles. The van der Waals surface area contributed by atoms with Crippen molar-refractivity contribution in [3.63, 3.8) is 0 Å². The van der Waals surface area contributed by atoms with E-state index in [1.807, 2.05) is 0 Å². The third-order valence-electron chi connectivity index (χ3n) is 3.23. The summed E-state index contributed by atoms with van der Waals surface area (Å²) in [5, 5.41) is 9.51. The Bertz CT molecular complexity index is 489. The van der Waals surface area contributed by atoms with E-state index in [0.717, 1.165) is 16.4 Å². The monoisotopic (exact) mass is 329 g/mol. The first-order valence-corrected chi connectivity index (χ1v) is 8.72. The van der Waals surface area contributed by atoms with Gasteiger partial charge in [-0.1, -0.05) is 31.3 Å². The van der Waals surface area contributed by atoms with Gasteiger partial charge in [0.05, 0.1) is 16.3 Å². The molecule has 0 aliphatic carbocycles. The Morgan fingerprint density at radius 1 is 1.67 bits per heavy atom. The minimum absolute atomic E-state index is 0.116. The minimum atomic E-state index is -0.716. The fraction of sp³-hybridized carbons (Fsp3) is 0.571. The van der Waals surface area contributed by atoms with Gasteiger partial charge >= 0.3 is 5.97 Å². The van der Waals surface area contributed by atoms with Crippen molar-refractivity contribution >= 4 is 35.4 Å². The van der Waals surface area contributed by atoms with E-state index >= 15 is 0 Å². The predicted octanol–water partition coefficient (Wildman–Crippen LogP) is 1.94. The molecule has 2 rings (SSSR count). The molecule has 0 spiro atoms. The molecular weight excluding hydrogens is 310 g/mol. The number of thioether (sulfide) groups is 2. The summed E-state index contributed by atoms with van der Waals surface area (Å²) in [6, 6.07) is 0. The zero-order valence-corrected chi connectivity index (χ0v) is 13.7. The van der Waals surface area contributed by atoms with Gasteiger partial charge in [-0.3, -0.25) is 9.69 Å². The number of hydrogen-bond donors (Lipinski definition) is 1. The molecule has 0 aromatic heterocycles. The number of ether oxygens (including phenoxy) is 1. The lowest BCUT2D eigenvalue weighted by molar-refractivity contribution is -0.157. The summed E-state index contributed by atoms with van der Waals surface area (Å²) in [5.74, 6) is -0.285. The quantitative estimate of drug-likeness (QED) is 0.437. The number of hydrogen-bond acceptors (Lipinski definition) is 6. The average molecular weight is 329 g/mol. The van der Waals surface area contributed by atoms with Crippen LogP contribution < -0.4 is 0 Å². The highest BCUT2D eigenvalue weighted by Crippen LogP contribution is 2.53. The van der Waals surface area contributed by atoms with Crippen molar-refractivity contribution < 1.29 is 19.4 Å². The van der Waals surface area contributed by atoms with Crippen LogP contribution in [0.4, 0.5) is 0 Å². The maximum absolute atomic E-state index is 12.2. The second kappa shape index (κ2) is 6.89. The van der Waals surface area contributed by atoms with Crippen LogP contribution in [0.3, 0.4) is 0 Å². The van der Waals surface area contributed by atoms with E-state index in [1.165, 1.54) is 22.7 Å². The first-order valence-electron chi connectivity index (χ1n) is 6.85. The maximum atomic E-state index is 12.2. The molecule has 0 unspecified atom stereocenters. The molecule has 2 aliphatic heterocycles. The standard InChI is InChI=1S/C14H19NO4S2/c1-4-6-19-13(18)10-14(20-7-5-2)21-12-9(8(3)16)11(17)15(10)12/h4,8-9,12,16H,1,5-7H2,2-3H3/t8-,9-,12+/m1/s1. The highest BCUT2D eigenvalue weighted by molar-refractivity contribution is 8.22. The van der Waals surface area contributed by atoms with Gasteiger partial charge in [-0.05, 0) is 19.1 Å². The summed E-state index contributed by atoms with van der Waals surface area (Å²) in [5.41, 5.74) is 0.326. The molecule has 1 N–H and O–H groups in total.